The zero-order valence-electron chi connectivity index (χ0n) is 21.3. The number of aryl methyl sites for hydroxylation is 1. The van der Waals surface area contributed by atoms with Gasteiger partial charge < -0.3 is 19.5 Å². The van der Waals surface area contributed by atoms with Crippen LogP contribution in [0.4, 0.5) is 4.39 Å². The number of aromatic hydroxyl groups is 1. The van der Waals surface area contributed by atoms with Crippen molar-refractivity contribution < 1.29 is 19.0 Å². The molecule has 2 aromatic heterocycles. The van der Waals surface area contributed by atoms with E-state index >= 15 is 4.39 Å². The number of nitrogens with zero attached hydrogens (tertiary/aromatic N) is 4. The number of benzene rings is 2. The Hall–Kier alpha value is -3.14. The number of ether oxygens (including phenoxy) is 2. The van der Waals surface area contributed by atoms with E-state index in [1.165, 1.54) is 12.1 Å². The maximum atomic E-state index is 15.8. The van der Waals surface area contributed by atoms with Gasteiger partial charge in [-0.3, -0.25) is 10.00 Å². The van der Waals surface area contributed by atoms with Crippen molar-refractivity contribution in [2.45, 2.75) is 20.3 Å². The molecule has 3 heterocycles. The minimum absolute atomic E-state index is 0.0614. The van der Waals surface area contributed by atoms with Gasteiger partial charge in [-0.15, -0.1) is 0 Å². The molecule has 4 aromatic rings. The van der Waals surface area contributed by atoms with E-state index in [1.54, 1.807) is 19.2 Å². The van der Waals surface area contributed by atoms with Gasteiger partial charge in [-0.25, -0.2) is 9.37 Å². The Kier molecular flexibility index (Phi) is 7.37. The highest BCUT2D eigenvalue weighted by molar-refractivity contribution is 6.32. The standard InChI is InChI=1S/C27H31ClFN5O3/c1-4-7-33-8-10-34(11-9-33)12-13-37-21-15-19(29)23-24(26(21)36-3)22-16(2)31-32-27(22)30-25(23)17-5-6-20(35)18(28)14-17/h5-6,14-15,35H,4,7-13H2,1-3H3,(H,30,31,32). The van der Waals surface area contributed by atoms with Crippen molar-refractivity contribution in [3.63, 3.8) is 0 Å². The van der Waals surface area contributed by atoms with Gasteiger partial charge in [0.2, 0.25) is 0 Å². The third-order valence-electron chi connectivity index (χ3n) is 6.93. The Morgan fingerprint density at radius 2 is 1.81 bits per heavy atom. The van der Waals surface area contributed by atoms with Crippen LogP contribution in [0.3, 0.4) is 0 Å². The highest BCUT2D eigenvalue weighted by Crippen LogP contribution is 2.45. The Labute approximate surface area is 219 Å². The van der Waals surface area contributed by atoms with Crippen molar-refractivity contribution in [3.8, 4) is 28.5 Å². The highest BCUT2D eigenvalue weighted by atomic mass is 35.5. The molecule has 10 heteroatoms. The van der Waals surface area contributed by atoms with Gasteiger partial charge in [0.1, 0.15) is 18.2 Å². The normalized spacial score (nSPS) is 15.1. The number of aromatic amines is 1. The SMILES string of the molecule is CCCN1CCN(CCOc2cc(F)c3c(-c4ccc(O)c(Cl)c4)nc4[nH]nc(C)c4c3c2OC)CC1. The van der Waals surface area contributed by atoms with Crippen molar-refractivity contribution in [1.82, 2.24) is 25.0 Å². The molecule has 196 valence electrons. The summed E-state index contributed by atoms with van der Waals surface area (Å²) < 4.78 is 27.8. The van der Waals surface area contributed by atoms with Gasteiger partial charge in [-0.05, 0) is 38.1 Å². The molecule has 0 atom stereocenters. The number of rotatable bonds is 8. The molecule has 1 fully saturated rings. The summed E-state index contributed by atoms with van der Waals surface area (Å²) in [6, 6.07) is 6.02. The number of fused-ring (bicyclic) bond motifs is 3. The fraction of sp³-hybridized carbons (Fsp3) is 0.407. The lowest BCUT2D eigenvalue weighted by Gasteiger charge is -2.34. The van der Waals surface area contributed by atoms with Crippen LogP contribution >= 0.6 is 11.6 Å². The summed E-state index contributed by atoms with van der Waals surface area (Å²) in [6.07, 6.45) is 1.16. The number of phenolic OH excluding ortho intramolecular Hbond substituents is 1. The Balaban J connectivity index is 1.52. The van der Waals surface area contributed by atoms with E-state index in [4.69, 9.17) is 21.1 Å². The van der Waals surface area contributed by atoms with Crippen molar-refractivity contribution in [3.05, 3.63) is 40.8 Å². The van der Waals surface area contributed by atoms with Crippen LogP contribution in [-0.4, -0.2) is 83.1 Å². The number of hydrogen-bond donors (Lipinski definition) is 2. The predicted molar refractivity (Wildman–Crippen MR) is 143 cm³/mol. The van der Waals surface area contributed by atoms with E-state index in [0.29, 0.717) is 51.5 Å². The quantitative estimate of drug-likeness (QED) is 0.333. The number of aromatic nitrogens is 3. The predicted octanol–water partition coefficient (Wildman–Crippen LogP) is 5.00. The van der Waals surface area contributed by atoms with Crippen LogP contribution in [0.1, 0.15) is 19.0 Å². The second kappa shape index (κ2) is 10.7. The molecule has 0 saturated carbocycles. The number of H-pyrrole nitrogens is 1. The number of nitrogens with one attached hydrogen (secondary N) is 1. The van der Waals surface area contributed by atoms with Crippen LogP contribution in [0, 0.1) is 12.7 Å². The molecule has 0 amide bonds. The monoisotopic (exact) mass is 527 g/mol. The van der Waals surface area contributed by atoms with Crippen molar-refractivity contribution in [2.75, 3.05) is 53.0 Å². The van der Waals surface area contributed by atoms with E-state index < -0.39 is 5.82 Å². The first-order chi connectivity index (χ1) is 17.9. The molecule has 5 rings (SSSR count). The van der Waals surface area contributed by atoms with E-state index in [9.17, 15) is 5.11 Å². The second-order valence-corrected chi connectivity index (χ2v) is 9.74. The largest absolute Gasteiger partial charge is 0.506 e. The fourth-order valence-corrected chi connectivity index (χ4v) is 5.24. The maximum Gasteiger partial charge on any atom is 0.169 e. The Morgan fingerprint density at radius 1 is 1.08 bits per heavy atom. The van der Waals surface area contributed by atoms with Gasteiger partial charge in [0.05, 0.1) is 28.9 Å². The van der Waals surface area contributed by atoms with Crippen LogP contribution in [0.15, 0.2) is 24.3 Å². The first-order valence-corrected chi connectivity index (χ1v) is 12.9. The molecule has 37 heavy (non-hydrogen) atoms. The molecule has 1 aliphatic rings. The third-order valence-corrected chi connectivity index (χ3v) is 7.23. The first-order valence-electron chi connectivity index (χ1n) is 12.5. The van der Waals surface area contributed by atoms with Gasteiger partial charge in [0, 0.05) is 55.1 Å². The van der Waals surface area contributed by atoms with Crippen LogP contribution in [0.2, 0.25) is 5.02 Å². The number of piperazine rings is 1. The lowest BCUT2D eigenvalue weighted by molar-refractivity contribution is 0.116. The zero-order chi connectivity index (χ0) is 26.1. The summed E-state index contributed by atoms with van der Waals surface area (Å²) in [5.41, 5.74) is 2.07. The lowest BCUT2D eigenvalue weighted by Crippen LogP contribution is -2.47. The summed E-state index contributed by atoms with van der Waals surface area (Å²) in [5, 5.41) is 18.7. The van der Waals surface area contributed by atoms with Gasteiger partial charge in [-0.2, -0.15) is 5.10 Å². The van der Waals surface area contributed by atoms with Crippen molar-refractivity contribution >= 4 is 33.4 Å². The smallest absolute Gasteiger partial charge is 0.169 e. The van der Waals surface area contributed by atoms with Gasteiger partial charge >= 0.3 is 0 Å². The van der Waals surface area contributed by atoms with Gasteiger partial charge in [0.15, 0.2) is 17.1 Å². The van der Waals surface area contributed by atoms with E-state index in [2.05, 4.69) is 31.9 Å². The summed E-state index contributed by atoms with van der Waals surface area (Å²) in [5.74, 6) is 0.203. The number of methoxy groups -OCH3 is 1. The summed E-state index contributed by atoms with van der Waals surface area (Å²) in [7, 11) is 1.55. The summed E-state index contributed by atoms with van der Waals surface area (Å²) in [6.45, 7) is 10.4. The molecule has 0 spiro atoms. The molecule has 1 aliphatic heterocycles. The van der Waals surface area contributed by atoms with Crippen molar-refractivity contribution in [1.29, 1.82) is 0 Å². The number of halogens is 2. The molecule has 8 nitrogen and oxygen atoms in total. The maximum absolute atomic E-state index is 15.8. The molecule has 2 aromatic carbocycles. The fourth-order valence-electron chi connectivity index (χ4n) is 5.06. The van der Waals surface area contributed by atoms with Crippen LogP contribution in [0.25, 0.3) is 33.1 Å². The van der Waals surface area contributed by atoms with E-state index in [1.807, 2.05) is 6.92 Å². The molecule has 0 bridgehead atoms. The molecule has 0 aliphatic carbocycles. The minimum Gasteiger partial charge on any atom is -0.506 e. The van der Waals surface area contributed by atoms with E-state index in [0.717, 1.165) is 45.7 Å². The Morgan fingerprint density at radius 3 is 2.49 bits per heavy atom. The molecular formula is C27H31ClFN5O3. The van der Waals surface area contributed by atoms with E-state index in [-0.39, 0.29) is 16.2 Å². The summed E-state index contributed by atoms with van der Waals surface area (Å²) in [4.78, 5) is 9.51. The van der Waals surface area contributed by atoms with Gasteiger partial charge in [-0.1, -0.05) is 18.5 Å². The topological polar surface area (TPSA) is 86.7 Å². The third kappa shape index (κ3) is 4.91. The number of hydrogen-bond acceptors (Lipinski definition) is 7. The average Bonchev–Trinajstić information content (AvgIpc) is 3.27. The zero-order valence-corrected chi connectivity index (χ0v) is 22.0. The Bertz CT molecular complexity index is 1440. The van der Waals surface area contributed by atoms with Crippen LogP contribution in [-0.2, 0) is 0 Å². The van der Waals surface area contributed by atoms with Crippen LogP contribution in [0.5, 0.6) is 17.2 Å². The molecule has 1 saturated heterocycles. The van der Waals surface area contributed by atoms with Crippen LogP contribution < -0.4 is 9.47 Å². The van der Waals surface area contributed by atoms with Gasteiger partial charge in [0.25, 0.3) is 0 Å². The highest BCUT2D eigenvalue weighted by Gasteiger charge is 2.24. The second-order valence-electron chi connectivity index (χ2n) is 9.33. The first kappa shape index (κ1) is 25.5. The average molecular weight is 528 g/mol. The molecule has 0 unspecified atom stereocenters. The minimum atomic E-state index is -0.492. The molecule has 0 radical (unpaired) electrons. The summed E-state index contributed by atoms with van der Waals surface area (Å²) >= 11 is 6.16. The number of pyridine rings is 1. The number of phenols is 1. The molecule has 2 N–H and O–H groups in total. The molecular weight excluding hydrogens is 497 g/mol. The lowest BCUT2D eigenvalue weighted by atomic mass is 9.99. The van der Waals surface area contributed by atoms with Crippen molar-refractivity contribution in [2.24, 2.45) is 0 Å².